The zero-order chi connectivity index (χ0) is 14.4. The van der Waals surface area contributed by atoms with Crippen LogP contribution in [-0.2, 0) is 4.74 Å². The van der Waals surface area contributed by atoms with Gasteiger partial charge in [-0.3, -0.25) is 0 Å². The number of piperidine rings is 1. The zero-order valence-corrected chi connectivity index (χ0v) is 13.0. The Morgan fingerprint density at radius 3 is 2.80 bits per heavy atom. The van der Waals surface area contributed by atoms with Gasteiger partial charge in [0.25, 0.3) is 0 Å². The van der Waals surface area contributed by atoms with Gasteiger partial charge in [0.15, 0.2) is 0 Å². The Hall–Kier alpha value is -0.610. The Morgan fingerprint density at radius 1 is 1.40 bits per heavy atom. The van der Waals surface area contributed by atoms with Crippen molar-refractivity contribution in [2.24, 2.45) is 11.7 Å². The molecule has 1 fully saturated rings. The van der Waals surface area contributed by atoms with E-state index in [4.69, 9.17) is 22.1 Å². The van der Waals surface area contributed by atoms with Crippen LogP contribution in [-0.4, -0.2) is 38.3 Å². The Labute approximate surface area is 127 Å². The molecule has 1 aliphatic heterocycles. The third kappa shape index (κ3) is 4.74. The number of likely N-dealkylation sites (tertiary alicyclic amines) is 1. The first-order chi connectivity index (χ1) is 9.69. The molecule has 0 spiro atoms. The van der Waals surface area contributed by atoms with Crippen LogP contribution in [0.3, 0.4) is 0 Å². The number of methoxy groups -OCH3 is 1. The van der Waals surface area contributed by atoms with E-state index in [0.717, 1.165) is 49.2 Å². The summed E-state index contributed by atoms with van der Waals surface area (Å²) in [5.74, 6) is 0.734. The molecule has 0 aromatic heterocycles. The van der Waals surface area contributed by atoms with Gasteiger partial charge in [0.1, 0.15) is 0 Å². The van der Waals surface area contributed by atoms with Gasteiger partial charge in [0.05, 0.1) is 0 Å². The molecular weight excluding hydrogens is 272 g/mol. The van der Waals surface area contributed by atoms with Gasteiger partial charge in [-0.05, 0) is 62.5 Å². The number of rotatable bonds is 6. The monoisotopic (exact) mass is 296 g/mol. The molecule has 1 aliphatic rings. The number of nitrogens with two attached hydrogens (primary N) is 1. The molecule has 2 N–H and O–H groups in total. The predicted molar refractivity (Wildman–Crippen MR) is 84.0 cm³/mol. The first-order valence-electron chi connectivity index (χ1n) is 7.41. The van der Waals surface area contributed by atoms with Crippen molar-refractivity contribution in [3.8, 4) is 0 Å². The topological polar surface area (TPSA) is 38.5 Å². The highest BCUT2D eigenvalue weighted by molar-refractivity contribution is 6.30. The van der Waals surface area contributed by atoms with E-state index in [9.17, 15) is 0 Å². The first-order valence-corrected chi connectivity index (χ1v) is 7.79. The van der Waals surface area contributed by atoms with Crippen molar-refractivity contribution < 1.29 is 4.74 Å². The number of nitrogens with zero attached hydrogens (tertiary/aromatic N) is 1. The van der Waals surface area contributed by atoms with Crippen LogP contribution in [0.5, 0.6) is 0 Å². The lowest BCUT2D eigenvalue weighted by Gasteiger charge is -2.32. The van der Waals surface area contributed by atoms with E-state index in [0.29, 0.717) is 0 Å². The number of hydrogen-bond donors (Lipinski definition) is 1. The Morgan fingerprint density at radius 2 is 2.15 bits per heavy atom. The molecule has 0 amide bonds. The highest BCUT2D eigenvalue weighted by atomic mass is 35.5. The number of hydrogen-bond acceptors (Lipinski definition) is 3. The predicted octanol–water partition coefficient (Wildman–Crippen LogP) is 3.09. The number of halogens is 1. The second-order valence-corrected chi connectivity index (χ2v) is 6.13. The molecule has 0 bridgehead atoms. The fraction of sp³-hybridized carbons (Fsp3) is 0.625. The fourth-order valence-corrected chi connectivity index (χ4v) is 3.04. The minimum absolute atomic E-state index is 0.0744. The lowest BCUT2D eigenvalue weighted by molar-refractivity contribution is 0.0983. The zero-order valence-electron chi connectivity index (χ0n) is 12.2. The molecule has 1 aromatic rings. The summed E-state index contributed by atoms with van der Waals surface area (Å²) in [5.41, 5.74) is 7.38. The molecule has 3 nitrogen and oxygen atoms in total. The van der Waals surface area contributed by atoms with E-state index in [1.807, 2.05) is 18.2 Å². The minimum Gasteiger partial charge on any atom is -0.384 e. The molecule has 20 heavy (non-hydrogen) atoms. The van der Waals surface area contributed by atoms with E-state index >= 15 is 0 Å². The summed E-state index contributed by atoms with van der Waals surface area (Å²) in [6.07, 6.45) is 3.45. The summed E-state index contributed by atoms with van der Waals surface area (Å²) in [5, 5.41) is 0.762. The molecule has 2 rings (SSSR count). The summed E-state index contributed by atoms with van der Waals surface area (Å²) >= 11 is 6.01. The van der Waals surface area contributed by atoms with Crippen LogP contribution in [0.25, 0.3) is 0 Å². The lowest BCUT2D eigenvalue weighted by atomic mass is 9.97. The SMILES string of the molecule is COCC1CCN(CCC(N)c2cccc(Cl)c2)CC1. The van der Waals surface area contributed by atoms with E-state index in [-0.39, 0.29) is 6.04 Å². The molecule has 1 heterocycles. The van der Waals surface area contributed by atoms with Crippen LogP contribution >= 0.6 is 11.6 Å². The molecule has 1 unspecified atom stereocenters. The smallest absolute Gasteiger partial charge is 0.0491 e. The molecule has 0 aliphatic carbocycles. The third-order valence-corrected chi connectivity index (χ3v) is 4.38. The van der Waals surface area contributed by atoms with Gasteiger partial charge < -0.3 is 15.4 Å². The van der Waals surface area contributed by atoms with Crippen LogP contribution in [0.1, 0.15) is 30.9 Å². The summed E-state index contributed by atoms with van der Waals surface area (Å²) < 4.78 is 5.23. The van der Waals surface area contributed by atoms with Gasteiger partial charge >= 0.3 is 0 Å². The van der Waals surface area contributed by atoms with E-state index in [2.05, 4.69) is 11.0 Å². The van der Waals surface area contributed by atoms with Gasteiger partial charge in [-0.2, -0.15) is 0 Å². The van der Waals surface area contributed by atoms with Crippen molar-refractivity contribution in [2.45, 2.75) is 25.3 Å². The third-order valence-electron chi connectivity index (χ3n) is 4.14. The van der Waals surface area contributed by atoms with Gasteiger partial charge in [0.2, 0.25) is 0 Å². The van der Waals surface area contributed by atoms with Crippen LogP contribution < -0.4 is 5.73 Å². The van der Waals surface area contributed by atoms with Crippen molar-refractivity contribution >= 4 is 11.6 Å². The average molecular weight is 297 g/mol. The lowest BCUT2D eigenvalue weighted by Crippen LogP contribution is -2.36. The maximum absolute atomic E-state index is 6.25. The Balaban J connectivity index is 1.73. The second kappa shape index (κ2) is 7.99. The van der Waals surface area contributed by atoms with E-state index in [1.54, 1.807) is 7.11 Å². The van der Waals surface area contributed by atoms with Crippen molar-refractivity contribution in [3.05, 3.63) is 34.9 Å². The van der Waals surface area contributed by atoms with Crippen molar-refractivity contribution in [1.29, 1.82) is 0 Å². The number of ether oxygens (including phenoxy) is 1. The van der Waals surface area contributed by atoms with Crippen molar-refractivity contribution in [1.82, 2.24) is 4.90 Å². The van der Waals surface area contributed by atoms with E-state index < -0.39 is 0 Å². The first kappa shape index (κ1) is 15.8. The highest BCUT2D eigenvalue weighted by Gasteiger charge is 2.19. The molecule has 112 valence electrons. The Bertz CT molecular complexity index is 405. The van der Waals surface area contributed by atoms with Crippen LogP contribution in [0.2, 0.25) is 5.02 Å². The normalized spacial score (nSPS) is 19.1. The fourth-order valence-electron chi connectivity index (χ4n) is 2.84. The minimum atomic E-state index is 0.0744. The summed E-state index contributed by atoms with van der Waals surface area (Å²) in [6, 6.07) is 7.95. The maximum atomic E-state index is 6.25. The van der Waals surface area contributed by atoms with Crippen LogP contribution in [0.15, 0.2) is 24.3 Å². The van der Waals surface area contributed by atoms with Gasteiger partial charge in [-0.1, -0.05) is 23.7 Å². The van der Waals surface area contributed by atoms with Crippen molar-refractivity contribution in [2.75, 3.05) is 33.4 Å². The number of benzene rings is 1. The molecule has 1 atom stereocenters. The molecule has 1 saturated heterocycles. The van der Waals surface area contributed by atoms with Gasteiger partial charge in [-0.25, -0.2) is 0 Å². The summed E-state index contributed by atoms with van der Waals surface area (Å²) in [4.78, 5) is 2.51. The summed E-state index contributed by atoms with van der Waals surface area (Å²) in [6.45, 7) is 4.29. The van der Waals surface area contributed by atoms with Crippen LogP contribution in [0, 0.1) is 5.92 Å². The quantitative estimate of drug-likeness (QED) is 0.877. The standard InChI is InChI=1S/C16H25ClN2O/c1-20-12-13-5-8-19(9-6-13)10-7-16(18)14-3-2-4-15(17)11-14/h2-4,11,13,16H,5-10,12,18H2,1H3. The molecular formula is C16H25ClN2O. The molecule has 4 heteroatoms. The summed E-state index contributed by atoms with van der Waals surface area (Å²) in [7, 11) is 1.79. The Kier molecular flexibility index (Phi) is 6.30. The largest absolute Gasteiger partial charge is 0.384 e. The second-order valence-electron chi connectivity index (χ2n) is 5.69. The van der Waals surface area contributed by atoms with Gasteiger partial charge in [0, 0.05) is 24.8 Å². The molecule has 1 aromatic carbocycles. The molecule has 0 radical (unpaired) electrons. The molecule has 0 saturated carbocycles. The van der Waals surface area contributed by atoms with E-state index in [1.165, 1.54) is 12.8 Å². The highest BCUT2D eigenvalue weighted by Crippen LogP contribution is 2.21. The van der Waals surface area contributed by atoms with Crippen LogP contribution in [0.4, 0.5) is 0 Å². The van der Waals surface area contributed by atoms with Crippen molar-refractivity contribution in [3.63, 3.8) is 0 Å². The van der Waals surface area contributed by atoms with Gasteiger partial charge in [-0.15, -0.1) is 0 Å². The maximum Gasteiger partial charge on any atom is 0.0491 e. The average Bonchev–Trinajstić information content (AvgIpc) is 2.46.